The predicted octanol–water partition coefficient (Wildman–Crippen LogP) is 1.92. The number of carbonyl (C=O) groups excluding carboxylic acids is 2. The zero-order valence-corrected chi connectivity index (χ0v) is 15.3. The number of nitrogens with zero attached hydrogens (tertiary/aromatic N) is 2. The van der Waals surface area contributed by atoms with Crippen LogP contribution >= 0.6 is 0 Å². The number of aliphatic hydroxyl groups is 1. The van der Waals surface area contributed by atoms with Gasteiger partial charge in [0.1, 0.15) is 0 Å². The molecule has 1 unspecified atom stereocenters. The quantitative estimate of drug-likeness (QED) is 0.696. The van der Waals surface area contributed by atoms with E-state index in [4.69, 9.17) is 5.11 Å². The van der Waals surface area contributed by atoms with Crippen molar-refractivity contribution in [1.82, 2.24) is 5.32 Å². The third-order valence-electron chi connectivity index (χ3n) is 5.26. The Bertz CT molecular complexity index is 611. The average molecular weight is 359 g/mol. The lowest BCUT2D eigenvalue weighted by Crippen LogP contribution is -2.33. The number of hydrogen-bond donors (Lipinski definition) is 2. The van der Waals surface area contributed by atoms with Gasteiger partial charge in [0.15, 0.2) is 0 Å². The number of amides is 2. The van der Waals surface area contributed by atoms with Crippen LogP contribution in [-0.2, 0) is 9.59 Å². The van der Waals surface area contributed by atoms with Gasteiger partial charge in [0.05, 0.1) is 5.92 Å². The minimum atomic E-state index is -0.279. The van der Waals surface area contributed by atoms with Crippen LogP contribution in [0.25, 0.3) is 0 Å². The van der Waals surface area contributed by atoms with Crippen LogP contribution in [0.2, 0.25) is 0 Å². The third kappa shape index (κ3) is 4.55. The van der Waals surface area contributed by atoms with E-state index in [-0.39, 0.29) is 30.8 Å². The van der Waals surface area contributed by atoms with Crippen LogP contribution in [0.5, 0.6) is 0 Å². The van der Waals surface area contributed by atoms with Gasteiger partial charge in [0, 0.05) is 50.6 Å². The van der Waals surface area contributed by atoms with E-state index in [1.165, 1.54) is 18.5 Å². The summed E-state index contributed by atoms with van der Waals surface area (Å²) in [5.74, 6) is -0.309. The minimum absolute atomic E-state index is 0.0133. The molecule has 0 radical (unpaired) electrons. The highest BCUT2D eigenvalue weighted by Crippen LogP contribution is 2.28. The van der Waals surface area contributed by atoms with Gasteiger partial charge in [-0.2, -0.15) is 0 Å². The van der Waals surface area contributed by atoms with E-state index in [2.05, 4.69) is 22.3 Å². The number of rotatable bonds is 8. The molecule has 1 atom stereocenters. The number of anilines is 2. The normalized spacial score (nSPS) is 20.0. The molecule has 6 nitrogen and oxygen atoms in total. The first-order valence-electron chi connectivity index (χ1n) is 9.73. The predicted molar refractivity (Wildman–Crippen MR) is 102 cm³/mol. The van der Waals surface area contributed by atoms with Crippen molar-refractivity contribution in [2.24, 2.45) is 5.92 Å². The fraction of sp³-hybridized carbons (Fsp3) is 0.600. The summed E-state index contributed by atoms with van der Waals surface area (Å²) >= 11 is 0. The summed E-state index contributed by atoms with van der Waals surface area (Å²) in [4.78, 5) is 28.7. The van der Waals surface area contributed by atoms with E-state index < -0.39 is 0 Å². The van der Waals surface area contributed by atoms with Crippen molar-refractivity contribution in [3.8, 4) is 0 Å². The molecule has 3 rings (SSSR count). The summed E-state index contributed by atoms with van der Waals surface area (Å²) in [7, 11) is 0. The molecule has 2 saturated heterocycles. The van der Waals surface area contributed by atoms with Crippen LogP contribution in [0.1, 0.15) is 38.5 Å². The Morgan fingerprint density at radius 1 is 1.08 bits per heavy atom. The van der Waals surface area contributed by atoms with Crippen molar-refractivity contribution in [1.29, 1.82) is 0 Å². The fourth-order valence-electron chi connectivity index (χ4n) is 3.72. The molecular formula is C20H29N3O3. The van der Waals surface area contributed by atoms with E-state index >= 15 is 0 Å². The molecule has 2 fully saturated rings. The van der Waals surface area contributed by atoms with Gasteiger partial charge in [-0.25, -0.2) is 0 Å². The van der Waals surface area contributed by atoms with Gasteiger partial charge in [-0.3, -0.25) is 9.59 Å². The first-order valence-corrected chi connectivity index (χ1v) is 9.73. The van der Waals surface area contributed by atoms with Gasteiger partial charge in [-0.1, -0.05) is 0 Å². The van der Waals surface area contributed by atoms with Crippen LogP contribution in [0.15, 0.2) is 24.3 Å². The van der Waals surface area contributed by atoms with E-state index in [1.807, 2.05) is 12.1 Å². The minimum Gasteiger partial charge on any atom is -0.396 e. The Balaban J connectivity index is 1.51. The van der Waals surface area contributed by atoms with Crippen LogP contribution < -0.4 is 15.1 Å². The summed E-state index contributed by atoms with van der Waals surface area (Å²) in [6.07, 6.45) is 5.27. The maximum atomic E-state index is 12.4. The van der Waals surface area contributed by atoms with Crippen molar-refractivity contribution in [2.45, 2.75) is 38.5 Å². The highest BCUT2D eigenvalue weighted by molar-refractivity contribution is 6.00. The lowest BCUT2D eigenvalue weighted by atomic mass is 10.1. The molecule has 26 heavy (non-hydrogen) atoms. The first-order chi connectivity index (χ1) is 12.7. The van der Waals surface area contributed by atoms with E-state index in [0.29, 0.717) is 13.1 Å². The Labute approximate surface area is 155 Å². The van der Waals surface area contributed by atoms with Crippen LogP contribution in [0.4, 0.5) is 11.4 Å². The van der Waals surface area contributed by atoms with Gasteiger partial charge >= 0.3 is 0 Å². The Morgan fingerprint density at radius 3 is 2.46 bits per heavy atom. The molecule has 0 bridgehead atoms. The molecule has 142 valence electrons. The molecule has 6 heteroatoms. The molecular weight excluding hydrogens is 330 g/mol. The van der Waals surface area contributed by atoms with Crippen LogP contribution in [0, 0.1) is 5.92 Å². The molecule has 1 aromatic rings. The van der Waals surface area contributed by atoms with Crippen molar-refractivity contribution in [3.05, 3.63) is 24.3 Å². The molecule has 0 spiro atoms. The number of carbonyl (C=O) groups is 2. The molecule has 0 saturated carbocycles. The lowest BCUT2D eigenvalue weighted by Gasteiger charge is -2.20. The Morgan fingerprint density at radius 2 is 1.77 bits per heavy atom. The summed E-state index contributed by atoms with van der Waals surface area (Å²) in [5.41, 5.74) is 2.08. The van der Waals surface area contributed by atoms with Crippen molar-refractivity contribution in [3.63, 3.8) is 0 Å². The smallest absolute Gasteiger partial charge is 0.227 e. The molecule has 1 aromatic carbocycles. The number of hydrogen-bond acceptors (Lipinski definition) is 4. The monoisotopic (exact) mass is 359 g/mol. The fourth-order valence-corrected chi connectivity index (χ4v) is 3.72. The molecule has 2 N–H and O–H groups in total. The second kappa shape index (κ2) is 9.03. The van der Waals surface area contributed by atoms with Crippen molar-refractivity contribution < 1.29 is 14.7 Å². The zero-order chi connectivity index (χ0) is 18.4. The number of nitrogens with one attached hydrogen (secondary N) is 1. The SMILES string of the molecule is O=C(NCCCCCO)C1CC(=O)N(c2ccc(N3CCCC3)cc2)C1. The van der Waals surface area contributed by atoms with Gasteiger partial charge < -0.3 is 20.2 Å². The van der Waals surface area contributed by atoms with E-state index in [0.717, 1.165) is 38.0 Å². The highest BCUT2D eigenvalue weighted by atomic mass is 16.3. The summed E-state index contributed by atoms with van der Waals surface area (Å²) < 4.78 is 0. The van der Waals surface area contributed by atoms with Crippen LogP contribution in [-0.4, -0.2) is 49.7 Å². The van der Waals surface area contributed by atoms with Crippen molar-refractivity contribution >= 4 is 23.2 Å². The zero-order valence-electron chi connectivity index (χ0n) is 15.3. The molecule has 0 aromatic heterocycles. The molecule has 2 aliphatic heterocycles. The maximum Gasteiger partial charge on any atom is 0.227 e. The number of benzene rings is 1. The Kier molecular flexibility index (Phi) is 6.50. The largest absolute Gasteiger partial charge is 0.396 e. The standard InChI is InChI=1S/C20H29N3O3/c24-13-5-1-2-10-21-20(26)16-14-19(25)23(15-16)18-8-6-17(7-9-18)22-11-3-4-12-22/h6-9,16,24H,1-5,10-15H2,(H,21,26). The van der Waals surface area contributed by atoms with Gasteiger partial charge in [0.25, 0.3) is 0 Å². The third-order valence-corrected chi connectivity index (χ3v) is 5.26. The summed E-state index contributed by atoms with van der Waals surface area (Å²) in [5, 5.41) is 11.7. The van der Waals surface area contributed by atoms with Gasteiger partial charge in [0.2, 0.25) is 11.8 Å². The molecule has 2 heterocycles. The maximum absolute atomic E-state index is 12.4. The van der Waals surface area contributed by atoms with Gasteiger partial charge in [-0.15, -0.1) is 0 Å². The second-order valence-electron chi connectivity index (χ2n) is 7.19. The molecule has 0 aliphatic carbocycles. The lowest BCUT2D eigenvalue weighted by molar-refractivity contribution is -0.126. The first kappa shape index (κ1) is 18.7. The van der Waals surface area contributed by atoms with Gasteiger partial charge in [-0.05, 0) is 56.4 Å². The van der Waals surface area contributed by atoms with E-state index in [9.17, 15) is 9.59 Å². The molecule has 2 aliphatic rings. The average Bonchev–Trinajstić information content (AvgIpc) is 3.31. The topological polar surface area (TPSA) is 72.9 Å². The summed E-state index contributed by atoms with van der Waals surface area (Å²) in [6, 6.07) is 8.12. The Hall–Kier alpha value is -2.08. The summed E-state index contributed by atoms with van der Waals surface area (Å²) in [6.45, 7) is 3.44. The van der Waals surface area contributed by atoms with E-state index in [1.54, 1.807) is 4.90 Å². The number of aliphatic hydroxyl groups excluding tert-OH is 1. The highest BCUT2D eigenvalue weighted by Gasteiger charge is 2.34. The molecule has 2 amide bonds. The number of unbranched alkanes of at least 4 members (excludes halogenated alkanes) is 2. The van der Waals surface area contributed by atoms with Crippen LogP contribution in [0.3, 0.4) is 0 Å². The second-order valence-corrected chi connectivity index (χ2v) is 7.19. The van der Waals surface area contributed by atoms with Crippen molar-refractivity contribution in [2.75, 3.05) is 42.6 Å².